The van der Waals surface area contributed by atoms with Gasteiger partial charge in [-0.05, 0) is 76.2 Å². The van der Waals surface area contributed by atoms with Crippen molar-refractivity contribution in [1.29, 1.82) is 0 Å². The van der Waals surface area contributed by atoms with Gasteiger partial charge in [0.1, 0.15) is 0 Å². The zero-order valence-corrected chi connectivity index (χ0v) is 35.1. The summed E-state index contributed by atoms with van der Waals surface area (Å²) < 4.78 is 0. The average molecular weight is 848 g/mol. The number of carboxylic acid groups (broad SMARTS) is 1. The van der Waals surface area contributed by atoms with E-state index >= 15 is 0 Å². The maximum Gasteiger partial charge on any atom is 0.335 e. The van der Waals surface area contributed by atoms with Crippen LogP contribution in [0.2, 0.25) is 0 Å². The lowest BCUT2D eigenvalue weighted by Crippen LogP contribution is -2.41. The number of nitrogens with two attached hydrogens (primary N) is 1. The molecule has 3 N–H and O–H groups in total. The number of rotatable bonds is 9. The van der Waals surface area contributed by atoms with Crippen LogP contribution in [0, 0.1) is 0 Å². The van der Waals surface area contributed by atoms with Crippen molar-refractivity contribution in [2.24, 2.45) is 5.73 Å². The Labute approximate surface area is 371 Å². The largest absolute Gasteiger partial charge is 0.478 e. The van der Waals surface area contributed by atoms with E-state index in [1.165, 1.54) is 34.9 Å². The Hall–Kier alpha value is -8.08. The van der Waals surface area contributed by atoms with Crippen LogP contribution in [-0.4, -0.2) is 50.3 Å². The van der Waals surface area contributed by atoms with Crippen LogP contribution >= 0.6 is 0 Å². The number of nitrogens with zero attached hydrogens (tertiary/aromatic N) is 2. The first kappa shape index (κ1) is 44.0. The molecule has 7 aromatic rings. The summed E-state index contributed by atoms with van der Waals surface area (Å²) in [6, 6.07) is 58.6. The van der Waals surface area contributed by atoms with Gasteiger partial charge in [-0.25, -0.2) is 4.79 Å². The van der Waals surface area contributed by atoms with Gasteiger partial charge in [0.25, 0.3) is 11.8 Å². The zero-order chi connectivity index (χ0) is 45.2. The van der Waals surface area contributed by atoms with Gasteiger partial charge in [-0.3, -0.25) is 33.8 Å². The van der Waals surface area contributed by atoms with E-state index in [0.29, 0.717) is 27.8 Å². The summed E-state index contributed by atoms with van der Waals surface area (Å²) in [7, 11) is 0. The average Bonchev–Trinajstić information content (AvgIpc) is 3.33. The Morgan fingerprint density at radius 2 is 0.828 bits per heavy atom. The highest BCUT2D eigenvalue weighted by atomic mass is 16.4. The Morgan fingerprint density at radius 1 is 0.500 bits per heavy atom. The van der Waals surface area contributed by atoms with Gasteiger partial charge in [-0.1, -0.05) is 158 Å². The number of carbonyl (C=O) groups excluding carboxylic acids is 5. The van der Waals surface area contributed by atoms with Crippen LogP contribution in [0.15, 0.2) is 188 Å². The Balaban J connectivity index is 0.000000144. The predicted octanol–water partition coefficient (Wildman–Crippen LogP) is 8.66. The number of ketones is 1. The second-order valence-electron chi connectivity index (χ2n) is 15.4. The van der Waals surface area contributed by atoms with Crippen molar-refractivity contribution >= 4 is 35.4 Å². The quantitative estimate of drug-likeness (QED) is 0.0831. The molecule has 0 aromatic heterocycles. The number of aromatic carboxylic acids is 1. The molecule has 318 valence electrons. The molecular formula is C54H45N3O7. The van der Waals surface area contributed by atoms with Crippen LogP contribution < -0.4 is 5.73 Å². The molecule has 2 heterocycles. The molecule has 0 fully saturated rings. The van der Waals surface area contributed by atoms with Crippen molar-refractivity contribution < 1.29 is 33.9 Å². The standard InChI is InChI=1S/C19H17N.C18H15NO3.C17H13NO4/c20-19(16-10-4-1-5-11-16,17-12-6-2-7-13-17)18-14-8-3-9-15-18;1-12(20)14-7-8-16-15(9-14)10-17(21)19(18(16)22)11-13-5-3-2-4-6-13;19-15-9-13-8-12(17(21)22)6-7-14(13)16(20)18(15)10-11-4-2-1-3-5-11/h1-15H,20H2;2-9H,10-11H2,1H3;1-8H,9-10H2,(H,21,22). The molecule has 0 spiro atoms. The fourth-order valence-electron chi connectivity index (χ4n) is 7.74. The number of Topliss-reactive ketones (excluding diaryl/α,β-unsaturated/α-hetero) is 1. The highest BCUT2D eigenvalue weighted by Gasteiger charge is 2.33. The normalized spacial score (nSPS) is 13.1. The van der Waals surface area contributed by atoms with E-state index in [0.717, 1.165) is 27.8 Å². The summed E-state index contributed by atoms with van der Waals surface area (Å²) in [5.74, 6) is -2.38. The van der Waals surface area contributed by atoms with Crippen molar-refractivity contribution in [1.82, 2.24) is 9.80 Å². The molecular weight excluding hydrogens is 803 g/mol. The Bertz CT molecular complexity index is 2590. The first-order valence-electron chi connectivity index (χ1n) is 20.7. The number of amides is 4. The summed E-state index contributed by atoms with van der Waals surface area (Å²) in [5, 5.41) is 8.98. The van der Waals surface area contributed by atoms with Gasteiger partial charge in [0, 0.05) is 16.7 Å². The zero-order valence-electron chi connectivity index (χ0n) is 35.1. The van der Waals surface area contributed by atoms with Gasteiger partial charge in [0.15, 0.2) is 5.78 Å². The second kappa shape index (κ2) is 19.7. The minimum absolute atomic E-state index is 0.0367. The number of fused-ring (bicyclic) bond motifs is 2. The highest BCUT2D eigenvalue weighted by Crippen LogP contribution is 2.34. The van der Waals surface area contributed by atoms with E-state index < -0.39 is 11.5 Å². The third-order valence-corrected chi connectivity index (χ3v) is 11.2. The number of hydrogen-bond donors (Lipinski definition) is 2. The molecule has 64 heavy (non-hydrogen) atoms. The van der Waals surface area contributed by atoms with Crippen LogP contribution in [0.1, 0.15) is 87.3 Å². The van der Waals surface area contributed by atoms with Gasteiger partial charge >= 0.3 is 5.97 Å². The molecule has 10 nitrogen and oxygen atoms in total. The molecule has 7 aromatic carbocycles. The molecule has 2 aliphatic heterocycles. The number of carbonyl (C=O) groups is 6. The summed E-state index contributed by atoms with van der Waals surface area (Å²) in [4.78, 5) is 74.4. The van der Waals surface area contributed by atoms with Crippen molar-refractivity contribution in [2.75, 3.05) is 0 Å². The topological polar surface area (TPSA) is 155 Å². The molecule has 0 saturated heterocycles. The highest BCUT2D eigenvalue weighted by molar-refractivity contribution is 6.11. The van der Waals surface area contributed by atoms with Gasteiger partial charge in [-0.2, -0.15) is 0 Å². The maximum absolute atomic E-state index is 12.5. The second-order valence-corrected chi connectivity index (χ2v) is 15.4. The molecule has 0 unspecified atom stereocenters. The van der Waals surface area contributed by atoms with Gasteiger partial charge in [0.2, 0.25) is 11.8 Å². The van der Waals surface area contributed by atoms with Crippen molar-refractivity contribution in [3.63, 3.8) is 0 Å². The number of benzene rings is 7. The van der Waals surface area contributed by atoms with Crippen LogP contribution in [-0.2, 0) is 41.1 Å². The minimum Gasteiger partial charge on any atom is -0.478 e. The third-order valence-electron chi connectivity index (χ3n) is 11.2. The molecule has 2 aliphatic rings. The molecule has 0 bridgehead atoms. The van der Waals surface area contributed by atoms with Gasteiger partial charge in [0.05, 0.1) is 37.0 Å². The molecule has 0 aliphatic carbocycles. The number of hydrogen-bond acceptors (Lipinski definition) is 7. The number of carboxylic acids is 1. The molecule has 9 rings (SSSR count). The maximum atomic E-state index is 12.5. The predicted molar refractivity (Wildman–Crippen MR) is 243 cm³/mol. The lowest BCUT2D eigenvalue weighted by atomic mass is 9.78. The number of imide groups is 2. The summed E-state index contributed by atoms with van der Waals surface area (Å²) in [6.07, 6.45) is 0.185. The lowest BCUT2D eigenvalue weighted by Gasteiger charge is -2.31. The van der Waals surface area contributed by atoms with Crippen molar-refractivity contribution in [3.8, 4) is 0 Å². The van der Waals surface area contributed by atoms with E-state index in [-0.39, 0.29) is 60.9 Å². The summed E-state index contributed by atoms with van der Waals surface area (Å²) in [6.45, 7) is 1.96. The Kier molecular flexibility index (Phi) is 13.6. The van der Waals surface area contributed by atoms with E-state index in [2.05, 4.69) is 36.4 Å². The summed E-state index contributed by atoms with van der Waals surface area (Å²) in [5.41, 5.74) is 13.9. The molecule has 10 heteroatoms. The summed E-state index contributed by atoms with van der Waals surface area (Å²) >= 11 is 0. The molecule has 0 radical (unpaired) electrons. The monoisotopic (exact) mass is 847 g/mol. The third kappa shape index (κ3) is 9.83. The van der Waals surface area contributed by atoms with E-state index in [1.807, 2.05) is 115 Å². The van der Waals surface area contributed by atoms with Crippen LogP contribution in [0.3, 0.4) is 0 Å². The van der Waals surface area contributed by atoms with Crippen LogP contribution in [0.4, 0.5) is 0 Å². The fraction of sp³-hybridized carbons (Fsp3) is 0.111. The van der Waals surface area contributed by atoms with Crippen molar-refractivity contribution in [3.05, 3.63) is 249 Å². The van der Waals surface area contributed by atoms with Crippen LogP contribution in [0.5, 0.6) is 0 Å². The van der Waals surface area contributed by atoms with Crippen molar-refractivity contribution in [2.45, 2.75) is 38.4 Å². The first-order valence-corrected chi connectivity index (χ1v) is 20.7. The van der Waals surface area contributed by atoms with E-state index in [1.54, 1.807) is 18.2 Å². The molecule has 0 atom stereocenters. The van der Waals surface area contributed by atoms with E-state index in [9.17, 15) is 28.8 Å². The van der Waals surface area contributed by atoms with Crippen LogP contribution in [0.25, 0.3) is 0 Å². The smallest absolute Gasteiger partial charge is 0.335 e. The lowest BCUT2D eigenvalue weighted by molar-refractivity contribution is -0.129. The van der Waals surface area contributed by atoms with Gasteiger partial charge in [-0.15, -0.1) is 0 Å². The van der Waals surface area contributed by atoms with E-state index in [4.69, 9.17) is 10.8 Å². The molecule has 4 amide bonds. The fourth-order valence-corrected chi connectivity index (χ4v) is 7.74. The van der Waals surface area contributed by atoms with Gasteiger partial charge < -0.3 is 10.8 Å². The minimum atomic E-state index is -1.07. The SMILES string of the molecule is CC(=O)c1ccc2c(c1)CC(=O)N(Cc1ccccc1)C2=O.NC(c1ccccc1)(c1ccccc1)c1ccccc1.O=C(O)c1ccc2c(c1)CC(=O)N(Cc1ccccc1)C2=O. The first-order chi connectivity index (χ1) is 30.9. The Morgan fingerprint density at radius 3 is 1.17 bits per heavy atom. The molecule has 0 saturated carbocycles.